The van der Waals surface area contributed by atoms with Gasteiger partial charge in [-0.15, -0.1) is 0 Å². The van der Waals surface area contributed by atoms with Crippen molar-refractivity contribution in [3.05, 3.63) is 69.8 Å². The van der Waals surface area contributed by atoms with Gasteiger partial charge in [0.05, 0.1) is 17.7 Å². The van der Waals surface area contributed by atoms with Crippen molar-refractivity contribution < 1.29 is 14.5 Å². The first kappa shape index (κ1) is 16.2. The van der Waals surface area contributed by atoms with Crippen LogP contribution in [0.4, 0.5) is 11.4 Å². The standard InChI is InChI=1S/C17H16N2O4/c1-12(10-13-6-4-3-5-7-13)17(20)18-15-11-14(19(21)22)8-9-16(15)23-2/h3-11H,1-2H3,(H,18,20)/b12-10-. The van der Waals surface area contributed by atoms with Gasteiger partial charge in [0, 0.05) is 17.7 Å². The first-order valence-corrected chi connectivity index (χ1v) is 6.88. The maximum absolute atomic E-state index is 12.3. The van der Waals surface area contributed by atoms with Gasteiger partial charge in [0.15, 0.2) is 0 Å². The highest BCUT2D eigenvalue weighted by Gasteiger charge is 2.14. The van der Waals surface area contributed by atoms with Crippen molar-refractivity contribution in [1.29, 1.82) is 0 Å². The number of nitro benzene ring substituents is 1. The van der Waals surface area contributed by atoms with Crippen molar-refractivity contribution in [1.82, 2.24) is 0 Å². The second-order valence-electron chi connectivity index (χ2n) is 4.83. The summed E-state index contributed by atoms with van der Waals surface area (Å²) in [6.45, 7) is 1.67. The van der Waals surface area contributed by atoms with E-state index in [1.165, 1.54) is 25.3 Å². The number of nitrogens with one attached hydrogen (secondary N) is 1. The Kier molecular flexibility index (Phi) is 5.09. The molecule has 6 nitrogen and oxygen atoms in total. The first-order chi connectivity index (χ1) is 11.0. The number of hydrogen-bond donors (Lipinski definition) is 1. The third kappa shape index (κ3) is 4.16. The maximum Gasteiger partial charge on any atom is 0.271 e. The Morgan fingerprint density at radius 3 is 2.52 bits per heavy atom. The average Bonchev–Trinajstić information content (AvgIpc) is 2.55. The van der Waals surface area contributed by atoms with Crippen LogP contribution in [0, 0.1) is 10.1 Å². The fourth-order valence-electron chi connectivity index (χ4n) is 1.99. The van der Waals surface area contributed by atoms with Crippen molar-refractivity contribution in [2.24, 2.45) is 0 Å². The van der Waals surface area contributed by atoms with E-state index in [0.29, 0.717) is 11.3 Å². The monoisotopic (exact) mass is 312 g/mol. The lowest BCUT2D eigenvalue weighted by molar-refractivity contribution is -0.384. The van der Waals surface area contributed by atoms with Crippen molar-refractivity contribution in [3.8, 4) is 5.75 Å². The highest BCUT2D eigenvalue weighted by atomic mass is 16.6. The lowest BCUT2D eigenvalue weighted by Crippen LogP contribution is -2.13. The van der Waals surface area contributed by atoms with Gasteiger partial charge in [-0.3, -0.25) is 14.9 Å². The number of carbonyl (C=O) groups is 1. The molecule has 2 rings (SSSR count). The van der Waals surface area contributed by atoms with Gasteiger partial charge in [0.1, 0.15) is 5.75 Å². The molecule has 0 aliphatic carbocycles. The van der Waals surface area contributed by atoms with Crippen LogP contribution in [0.3, 0.4) is 0 Å². The van der Waals surface area contributed by atoms with E-state index in [0.717, 1.165) is 5.56 Å². The summed E-state index contributed by atoms with van der Waals surface area (Å²) in [5.74, 6) is 0.00381. The van der Waals surface area contributed by atoms with E-state index in [-0.39, 0.29) is 17.3 Å². The summed E-state index contributed by atoms with van der Waals surface area (Å²) in [6, 6.07) is 13.4. The van der Waals surface area contributed by atoms with Crippen LogP contribution in [0.25, 0.3) is 6.08 Å². The van der Waals surface area contributed by atoms with Crippen LogP contribution in [0.15, 0.2) is 54.1 Å². The molecule has 2 aromatic rings. The number of hydrogen-bond acceptors (Lipinski definition) is 4. The van der Waals surface area contributed by atoms with Crippen molar-refractivity contribution in [2.45, 2.75) is 6.92 Å². The largest absolute Gasteiger partial charge is 0.495 e. The number of amides is 1. The molecule has 0 saturated heterocycles. The van der Waals surface area contributed by atoms with Gasteiger partial charge in [0.25, 0.3) is 11.6 Å². The molecule has 2 aromatic carbocycles. The predicted molar refractivity (Wildman–Crippen MR) is 88.4 cm³/mol. The fourth-order valence-corrected chi connectivity index (χ4v) is 1.99. The molecule has 1 N–H and O–H groups in total. The summed E-state index contributed by atoms with van der Waals surface area (Å²) >= 11 is 0. The van der Waals surface area contributed by atoms with Gasteiger partial charge in [0.2, 0.25) is 0 Å². The van der Waals surface area contributed by atoms with Crippen molar-refractivity contribution in [3.63, 3.8) is 0 Å². The SMILES string of the molecule is COc1ccc([N+](=O)[O-])cc1NC(=O)/C(C)=C\c1ccccc1. The maximum atomic E-state index is 12.3. The minimum Gasteiger partial charge on any atom is -0.495 e. The summed E-state index contributed by atoms with van der Waals surface area (Å²) in [4.78, 5) is 22.6. The highest BCUT2D eigenvalue weighted by molar-refractivity contribution is 6.07. The zero-order valence-electron chi connectivity index (χ0n) is 12.8. The van der Waals surface area contributed by atoms with Gasteiger partial charge < -0.3 is 10.1 Å². The normalized spacial score (nSPS) is 11.0. The Morgan fingerprint density at radius 2 is 1.91 bits per heavy atom. The number of nitro groups is 1. The molecule has 0 spiro atoms. The molecule has 0 saturated carbocycles. The summed E-state index contributed by atoms with van der Waals surface area (Å²) in [5, 5.41) is 13.5. The minimum atomic E-state index is -0.526. The van der Waals surface area contributed by atoms with E-state index in [1.54, 1.807) is 13.0 Å². The number of benzene rings is 2. The van der Waals surface area contributed by atoms with Gasteiger partial charge >= 0.3 is 0 Å². The average molecular weight is 312 g/mol. The molecule has 0 fully saturated rings. The van der Waals surface area contributed by atoms with Gasteiger partial charge in [-0.25, -0.2) is 0 Å². The number of ether oxygens (including phenoxy) is 1. The molecule has 0 atom stereocenters. The first-order valence-electron chi connectivity index (χ1n) is 6.88. The van der Waals surface area contributed by atoms with E-state index < -0.39 is 4.92 Å². The van der Waals surface area contributed by atoms with Crippen LogP contribution in [-0.4, -0.2) is 17.9 Å². The molecule has 118 valence electrons. The summed E-state index contributed by atoms with van der Waals surface area (Å²) in [6.07, 6.45) is 1.74. The van der Waals surface area contributed by atoms with Crippen LogP contribution in [0.1, 0.15) is 12.5 Å². The molecular weight excluding hydrogens is 296 g/mol. The Bertz CT molecular complexity index is 754. The molecule has 23 heavy (non-hydrogen) atoms. The van der Waals surface area contributed by atoms with E-state index in [1.807, 2.05) is 30.3 Å². The number of non-ortho nitro benzene ring substituents is 1. The van der Waals surface area contributed by atoms with Gasteiger partial charge in [-0.05, 0) is 24.6 Å². The Hall–Kier alpha value is -3.15. The number of nitrogens with zero attached hydrogens (tertiary/aromatic N) is 1. The minimum absolute atomic E-state index is 0.120. The quantitative estimate of drug-likeness (QED) is 0.519. The van der Waals surface area contributed by atoms with Crippen LogP contribution in [-0.2, 0) is 4.79 Å². The molecular formula is C17H16N2O4. The Balaban J connectivity index is 2.24. The summed E-state index contributed by atoms with van der Waals surface area (Å²) < 4.78 is 5.12. The van der Waals surface area contributed by atoms with E-state index in [4.69, 9.17) is 4.74 Å². The summed E-state index contributed by atoms with van der Waals surface area (Å²) in [5.41, 5.74) is 1.51. The van der Waals surface area contributed by atoms with Crippen LogP contribution < -0.4 is 10.1 Å². The van der Waals surface area contributed by atoms with Crippen LogP contribution in [0.5, 0.6) is 5.75 Å². The van der Waals surface area contributed by atoms with Crippen molar-refractivity contribution >= 4 is 23.4 Å². The fraction of sp³-hybridized carbons (Fsp3) is 0.118. The topological polar surface area (TPSA) is 81.5 Å². The number of carbonyl (C=O) groups excluding carboxylic acids is 1. The Morgan fingerprint density at radius 1 is 1.22 bits per heavy atom. The summed E-state index contributed by atoms with van der Waals surface area (Å²) in [7, 11) is 1.43. The van der Waals surface area contributed by atoms with Gasteiger partial charge in [-0.2, -0.15) is 0 Å². The highest BCUT2D eigenvalue weighted by Crippen LogP contribution is 2.29. The molecule has 0 radical (unpaired) electrons. The zero-order chi connectivity index (χ0) is 16.8. The van der Waals surface area contributed by atoms with Gasteiger partial charge in [-0.1, -0.05) is 30.3 Å². The number of anilines is 1. The third-order valence-electron chi connectivity index (χ3n) is 3.18. The van der Waals surface area contributed by atoms with E-state index in [2.05, 4.69) is 5.32 Å². The smallest absolute Gasteiger partial charge is 0.271 e. The molecule has 0 aromatic heterocycles. The molecule has 0 unspecified atom stereocenters. The lowest BCUT2D eigenvalue weighted by atomic mass is 10.1. The zero-order valence-corrected chi connectivity index (χ0v) is 12.8. The van der Waals surface area contributed by atoms with Crippen LogP contribution in [0.2, 0.25) is 0 Å². The number of rotatable bonds is 5. The van der Waals surface area contributed by atoms with E-state index in [9.17, 15) is 14.9 Å². The molecule has 0 bridgehead atoms. The molecule has 6 heteroatoms. The molecule has 0 heterocycles. The Labute approximate surface area is 133 Å². The van der Waals surface area contributed by atoms with Crippen molar-refractivity contribution in [2.75, 3.05) is 12.4 Å². The third-order valence-corrected chi connectivity index (χ3v) is 3.18. The second-order valence-corrected chi connectivity index (χ2v) is 4.83. The number of methoxy groups -OCH3 is 1. The second kappa shape index (κ2) is 7.22. The lowest BCUT2D eigenvalue weighted by Gasteiger charge is -2.10. The van der Waals surface area contributed by atoms with E-state index >= 15 is 0 Å². The molecule has 0 aliphatic rings. The predicted octanol–water partition coefficient (Wildman–Crippen LogP) is 3.65. The molecule has 1 amide bonds. The van der Waals surface area contributed by atoms with Crippen LogP contribution >= 0.6 is 0 Å². The molecule has 0 aliphatic heterocycles.